The van der Waals surface area contributed by atoms with Crippen LogP contribution in [0.4, 0.5) is 0 Å². The first-order valence-electron chi connectivity index (χ1n) is 10.8. The number of imidazole rings is 1. The lowest BCUT2D eigenvalue weighted by atomic mass is 9.91. The second-order valence-corrected chi connectivity index (χ2v) is 8.30. The number of nitrogens with zero attached hydrogens (tertiary/aromatic N) is 3. The molecule has 5 nitrogen and oxygen atoms in total. The summed E-state index contributed by atoms with van der Waals surface area (Å²) in [6.45, 7) is 2.73. The van der Waals surface area contributed by atoms with Crippen LogP contribution < -0.4 is 0 Å². The molecule has 3 aromatic rings. The van der Waals surface area contributed by atoms with Gasteiger partial charge in [-0.25, -0.2) is 4.98 Å². The van der Waals surface area contributed by atoms with E-state index in [1.54, 1.807) is 4.90 Å². The fraction of sp³-hybridized carbons (Fsp3) is 0.269. The molecular weight excluding hydrogens is 386 g/mol. The smallest absolute Gasteiger partial charge is 0.254 e. The van der Waals surface area contributed by atoms with Crippen molar-refractivity contribution in [1.82, 2.24) is 14.5 Å². The van der Waals surface area contributed by atoms with Gasteiger partial charge in [0.1, 0.15) is 0 Å². The largest absolute Gasteiger partial charge is 0.329 e. The number of aromatic nitrogens is 2. The van der Waals surface area contributed by atoms with Gasteiger partial charge in [0.25, 0.3) is 5.91 Å². The molecule has 0 bridgehead atoms. The van der Waals surface area contributed by atoms with Crippen molar-refractivity contribution in [1.29, 1.82) is 0 Å². The molecular formula is C26H25N3O2. The van der Waals surface area contributed by atoms with Crippen molar-refractivity contribution >= 4 is 22.8 Å². The minimum Gasteiger partial charge on any atom is -0.329 e. The highest BCUT2D eigenvalue weighted by molar-refractivity contribution is 6.00. The molecule has 5 heteroatoms. The summed E-state index contributed by atoms with van der Waals surface area (Å²) in [5.74, 6) is 0.0655. The normalized spacial score (nSPS) is 20.2. The van der Waals surface area contributed by atoms with Gasteiger partial charge < -0.3 is 9.47 Å². The molecule has 2 aromatic carbocycles. The number of amides is 1. The van der Waals surface area contributed by atoms with Gasteiger partial charge in [-0.3, -0.25) is 9.59 Å². The van der Waals surface area contributed by atoms with Gasteiger partial charge in [0.05, 0.1) is 30.3 Å². The molecule has 1 fully saturated rings. The number of Topliss-reactive ketones (excluding diaryl/α,β-unsaturated/α-hetero) is 1. The van der Waals surface area contributed by atoms with Crippen molar-refractivity contribution in [3.05, 3.63) is 90.0 Å². The predicted octanol–water partition coefficient (Wildman–Crippen LogP) is 4.63. The number of carbonyl (C=O) groups excluding carboxylic acids is 2. The van der Waals surface area contributed by atoms with Crippen LogP contribution in [0.3, 0.4) is 0 Å². The Morgan fingerprint density at radius 1 is 1.03 bits per heavy atom. The summed E-state index contributed by atoms with van der Waals surface area (Å²) in [5, 5.41) is 0. The van der Waals surface area contributed by atoms with E-state index in [2.05, 4.69) is 28.6 Å². The Morgan fingerprint density at radius 3 is 2.48 bits per heavy atom. The van der Waals surface area contributed by atoms with Crippen LogP contribution in [0.25, 0.3) is 11.1 Å². The van der Waals surface area contributed by atoms with Crippen LogP contribution in [-0.2, 0) is 4.79 Å². The van der Waals surface area contributed by atoms with Crippen LogP contribution in [0, 0.1) is 0 Å². The minimum absolute atomic E-state index is 0.0544. The van der Waals surface area contributed by atoms with Crippen molar-refractivity contribution in [2.75, 3.05) is 6.54 Å². The zero-order chi connectivity index (χ0) is 21.4. The van der Waals surface area contributed by atoms with E-state index in [9.17, 15) is 9.59 Å². The first-order valence-corrected chi connectivity index (χ1v) is 10.8. The Hall–Kier alpha value is -3.47. The van der Waals surface area contributed by atoms with Crippen molar-refractivity contribution in [3.63, 3.8) is 0 Å². The highest BCUT2D eigenvalue weighted by Crippen LogP contribution is 2.44. The van der Waals surface area contributed by atoms with Crippen LogP contribution in [0.1, 0.15) is 53.8 Å². The molecule has 31 heavy (non-hydrogen) atoms. The molecule has 2 aliphatic rings. The number of benzene rings is 2. The summed E-state index contributed by atoms with van der Waals surface area (Å²) < 4.78 is 2.11. The summed E-state index contributed by atoms with van der Waals surface area (Å²) in [4.78, 5) is 32.6. The summed E-state index contributed by atoms with van der Waals surface area (Å²) >= 11 is 0. The lowest BCUT2D eigenvalue weighted by Crippen LogP contribution is -2.41. The summed E-state index contributed by atoms with van der Waals surface area (Å²) in [5.41, 5.74) is 5.15. The first kappa shape index (κ1) is 19.5. The van der Waals surface area contributed by atoms with E-state index in [1.807, 2.05) is 61.1 Å². The fourth-order valence-electron chi connectivity index (χ4n) is 5.02. The Kier molecular flexibility index (Phi) is 5.02. The number of ketones is 1. The number of rotatable bonds is 5. The molecule has 3 heterocycles. The molecule has 1 aromatic heterocycles. The standard InChI is InChI=1S/C26H25N3O2/c1-18-23-16-27-17-29(23)22(25(18)19-9-4-2-5-10-19)15-24(30)21-13-8-14-28(21)26(31)20-11-6-3-7-12-20/h2-7,9-12,16-17,21-22H,8,13-15H2,1H3/t21-,22?/m0/s1. The Morgan fingerprint density at radius 2 is 1.74 bits per heavy atom. The van der Waals surface area contributed by atoms with Gasteiger partial charge >= 0.3 is 0 Å². The Balaban J connectivity index is 1.42. The zero-order valence-electron chi connectivity index (χ0n) is 17.6. The van der Waals surface area contributed by atoms with Crippen LogP contribution in [0.5, 0.6) is 0 Å². The van der Waals surface area contributed by atoms with E-state index < -0.39 is 0 Å². The number of carbonyl (C=O) groups is 2. The van der Waals surface area contributed by atoms with E-state index in [0.29, 0.717) is 18.5 Å². The third-order valence-electron chi connectivity index (χ3n) is 6.51. The number of likely N-dealkylation sites (tertiary alicyclic amines) is 1. The second-order valence-electron chi connectivity index (χ2n) is 8.30. The molecule has 0 N–H and O–H groups in total. The summed E-state index contributed by atoms with van der Waals surface area (Å²) in [7, 11) is 0. The van der Waals surface area contributed by atoms with Gasteiger partial charge in [-0.15, -0.1) is 0 Å². The van der Waals surface area contributed by atoms with E-state index >= 15 is 0 Å². The maximum atomic E-state index is 13.5. The summed E-state index contributed by atoms with van der Waals surface area (Å²) in [6, 6.07) is 19.0. The van der Waals surface area contributed by atoms with Crippen molar-refractivity contribution in [2.45, 2.75) is 38.3 Å². The lowest BCUT2D eigenvalue weighted by molar-refractivity contribution is -0.123. The van der Waals surface area contributed by atoms with Gasteiger partial charge in [0.15, 0.2) is 5.78 Å². The fourth-order valence-corrected chi connectivity index (χ4v) is 5.02. The van der Waals surface area contributed by atoms with Gasteiger partial charge in [0, 0.05) is 18.5 Å². The number of hydrogen-bond donors (Lipinski definition) is 0. The molecule has 2 aliphatic heterocycles. The van der Waals surface area contributed by atoms with Crippen LogP contribution in [0.2, 0.25) is 0 Å². The van der Waals surface area contributed by atoms with Gasteiger partial charge in [-0.05, 0) is 48.6 Å². The third kappa shape index (κ3) is 3.40. The number of hydrogen-bond acceptors (Lipinski definition) is 3. The van der Waals surface area contributed by atoms with Crippen LogP contribution >= 0.6 is 0 Å². The van der Waals surface area contributed by atoms with Gasteiger partial charge in [-0.1, -0.05) is 48.5 Å². The molecule has 5 rings (SSSR count). The molecule has 0 saturated carbocycles. The SMILES string of the molecule is CC1=C(c2ccccc2)C(CC(=O)[C@@H]2CCCN2C(=O)c2ccccc2)n2cncc21. The van der Waals surface area contributed by atoms with Crippen molar-refractivity contribution in [2.24, 2.45) is 0 Å². The summed E-state index contributed by atoms with van der Waals surface area (Å²) in [6.07, 6.45) is 5.62. The lowest BCUT2D eigenvalue weighted by Gasteiger charge is -2.26. The molecule has 0 aliphatic carbocycles. The third-order valence-corrected chi connectivity index (χ3v) is 6.51. The molecule has 0 radical (unpaired) electrons. The van der Waals surface area contributed by atoms with Crippen molar-refractivity contribution < 1.29 is 9.59 Å². The molecule has 156 valence electrons. The zero-order valence-corrected chi connectivity index (χ0v) is 17.6. The van der Waals surface area contributed by atoms with Crippen LogP contribution in [0.15, 0.2) is 73.2 Å². The topological polar surface area (TPSA) is 55.2 Å². The monoisotopic (exact) mass is 411 g/mol. The maximum Gasteiger partial charge on any atom is 0.254 e. The predicted molar refractivity (Wildman–Crippen MR) is 120 cm³/mol. The number of allylic oxidation sites excluding steroid dienone is 2. The average molecular weight is 412 g/mol. The molecule has 1 unspecified atom stereocenters. The highest BCUT2D eigenvalue weighted by atomic mass is 16.2. The van der Waals surface area contributed by atoms with E-state index in [-0.39, 0.29) is 23.8 Å². The number of fused-ring (bicyclic) bond motifs is 1. The second kappa shape index (κ2) is 7.99. The maximum absolute atomic E-state index is 13.5. The average Bonchev–Trinajstić information content (AvgIpc) is 3.53. The van der Waals surface area contributed by atoms with E-state index in [4.69, 9.17) is 0 Å². The Labute approximate surface area is 182 Å². The van der Waals surface area contributed by atoms with Gasteiger partial charge in [-0.2, -0.15) is 0 Å². The van der Waals surface area contributed by atoms with Gasteiger partial charge in [0.2, 0.25) is 0 Å². The molecule has 0 spiro atoms. The first-order chi connectivity index (χ1) is 15.1. The van der Waals surface area contributed by atoms with E-state index in [0.717, 1.165) is 29.7 Å². The highest BCUT2D eigenvalue weighted by Gasteiger charge is 2.38. The molecule has 1 saturated heterocycles. The molecule has 2 atom stereocenters. The molecule has 1 amide bonds. The quantitative estimate of drug-likeness (QED) is 0.615. The van der Waals surface area contributed by atoms with E-state index in [1.165, 1.54) is 5.57 Å². The van der Waals surface area contributed by atoms with Crippen molar-refractivity contribution in [3.8, 4) is 0 Å². The Bertz CT molecular complexity index is 1150. The van der Waals surface area contributed by atoms with Crippen LogP contribution in [-0.4, -0.2) is 38.7 Å². The minimum atomic E-state index is -0.363.